The average Bonchev–Trinajstić information content (AvgIpc) is 2.29. The number of nitrogens with zero attached hydrogens (tertiary/aromatic N) is 1. The number of rotatable bonds is 2. The van der Waals surface area contributed by atoms with Gasteiger partial charge in [0.15, 0.2) is 0 Å². The summed E-state index contributed by atoms with van der Waals surface area (Å²) >= 11 is 0. The molecule has 0 aliphatic heterocycles. The molecular weight excluding hydrogens is 190 g/mol. The van der Waals surface area contributed by atoms with E-state index in [0.717, 1.165) is 10.9 Å². The van der Waals surface area contributed by atoms with E-state index in [1.54, 1.807) is 19.2 Å². The van der Waals surface area contributed by atoms with Gasteiger partial charge in [0.05, 0.1) is 5.52 Å². The minimum atomic E-state index is -0.230. The Kier molecular flexibility index (Phi) is 2.63. The molecule has 0 aliphatic carbocycles. The Hall–Kier alpha value is -1.90. The van der Waals surface area contributed by atoms with E-state index in [1.807, 2.05) is 24.3 Å². The lowest BCUT2D eigenvalue weighted by molar-refractivity contribution is -0.133. The Morgan fingerprint density at radius 2 is 2.20 bits per heavy atom. The SMILES string of the molecule is CCC(=O)Oc1cccc2ncccc12. The molecule has 0 saturated carbocycles. The Morgan fingerprint density at radius 1 is 1.33 bits per heavy atom. The largest absolute Gasteiger partial charge is 0.426 e. The maximum Gasteiger partial charge on any atom is 0.310 e. The second-order valence-corrected chi connectivity index (χ2v) is 3.15. The van der Waals surface area contributed by atoms with Crippen LogP contribution in [0.4, 0.5) is 0 Å². The number of carbonyl (C=O) groups is 1. The van der Waals surface area contributed by atoms with E-state index in [9.17, 15) is 4.79 Å². The van der Waals surface area contributed by atoms with Gasteiger partial charge in [0.25, 0.3) is 0 Å². The molecule has 2 rings (SSSR count). The average molecular weight is 201 g/mol. The summed E-state index contributed by atoms with van der Waals surface area (Å²) in [6, 6.07) is 9.20. The van der Waals surface area contributed by atoms with Crippen LogP contribution in [0.5, 0.6) is 5.75 Å². The minimum Gasteiger partial charge on any atom is -0.426 e. The van der Waals surface area contributed by atoms with Crippen LogP contribution in [-0.2, 0) is 4.79 Å². The molecule has 1 heterocycles. The number of esters is 1. The summed E-state index contributed by atoms with van der Waals surface area (Å²) in [4.78, 5) is 15.4. The van der Waals surface area contributed by atoms with Crippen LogP contribution < -0.4 is 4.74 Å². The zero-order valence-corrected chi connectivity index (χ0v) is 8.43. The van der Waals surface area contributed by atoms with Gasteiger partial charge in [0.1, 0.15) is 5.75 Å². The van der Waals surface area contributed by atoms with Crippen molar-refractivity contribution < 1.29 is 9.53 Å². The molecule has 0 amide bonds. The molecule has 76 valence electrons. The van der Waals surface area contributed by atoms with Crippen LogP contribution >= 0.6 is 0 Å². The third kappa shape index (κ3) is 1.96. The van der Waals surface area contributed by atoms with E-state index in [1.165, 1.54) is 0 Å². The molecule has 0 unspecified atom stereocenters. The van der Waals surface area contributed by atoms with Gasteiger partial charge in [-0.1, -0.05) is 13.0 Å². The van der Waals surface area contributed by atoms with Gasteiger partial charge in [0, 0.05) is 18.0 Å². The smallest absolute Gasteiger partial charge is 0.310 e. The maximum atomic E-state index is 11.2. The van der Waals surface area contributed by atoms with Crippen molar-refractivity contribution in [3.8, 4) is 5.75 Å². The number of ether oxygens (including phenoxy) is 1. The highest BCUT2D eigenvalue weighted by Gasteiger charge is 2.05. The van der Waals surface area contributed by atoms with Crippen LogP contribution in [-0.4, -0.2) is 11.0 Å². The minimum absolute atomic E-state index is 0.230. The van der Waals surface area contributed by atoms with Crippen molar-refractivity contribution in [1.82, 2.24) is 4.98 Å². The Bertz CT molecular complexity index is 488. The summed E-state index contributed by atoms with van der Waals surface area (Å²) in [6.07, 6.45) is 2.09. The number of hydrogen-bond acceptors (Lipinski definition) is 3. The van der Waals surface area contributed by atoms with Crippen LogP contribution in [0.25, 0.3) is 10.9 Å². The standard InChI is InChI=1S/C12H11NO2/c1-2-12(14)15-11-7-3-6-10-9(11)5-4-8-13-10/h3-8H,2H2,1H3. The van der Waals surface area contributed by atoms with Crippen molar-refractivity contribution in [3.05, 3.63) is 36.5 Å². The predicted molar refractivity (Wildman–Crippen MR) is 57.7 cm³/mol. The number of hydrogen-bond donors (Lipinski definition) is 0. The fraction of sp³-hybridized carbons (Fsp3) is 0.167. The van der Waals surface area contributed by atoms with Gasteiger partial charge in [-0.05, 0) is 24.3 Å². The second-order valence-electron chi connectivity index (χ2n) is 3.15. The lowest BCUT2D eigenvalue weighted by atomic mass is 10.2. The Morgan fingerprint density at radius 3 is 3.00 bits per heavy atom. The topological polar surface area (TPSA) is 39.2 Å². The third-order valence-corrected chi connectivity index (χ3v) is 2.12. The molecule has 3 heteroatoms. The van der Waals surface area contributed by atoms with Gasteiger partial charge >= 0.3 is 5.97 Å². The molecule has 0 fully saturated rings. The highest BCUT2D eigenvalue weighted by atomic mass is 16.5. The summed E-state index contributed by atoms with van der Waals surface area (Å²) in [5, 5.41) is 0.863. The molecule has 0 radical (unpaired) electrons. The quantitative estimate of drug-likeness (QED) is 0.553. The summed E-state index contributed by atoms with van der Waals surface area (Å²) < 4.78 is 5.20. The first kappa shape index (κ1) is 9.65. The van der Waals surface area contributed by atoms with Gasteiger partial charge in [-0.15, -0.1) is 0 Å². The lowest BCUT2D eigenvalue weighted by Crippen LogP contribution is -2.05. The molecule has 3 nitrogen and oxygen atoms in total. The summed E-state index contributed by atoms with van der Waals surface area (Å²) in [5.74, 6) is 0.346. The van der Waals surface area contributed by atoms with E-state index < -0.39 is 0 Å². The third-order valence-electron chi connectivity index (χ3n) is 2.12. The van der Waals surface area contributed by atoms with Gasteiger partial charge < -0.3 is 4.74 Å². The first-order valence-corrected chi connectivity index (χ1v) is 4.85. The molecule has 0 atom stereocenters. The van der Waals surface area contributed by atoms with E-state index in [4.69, 9.17) is 4.74 Å². The number of carbonyl (C=O) groups excluding carboxylic acids is 1. The molecule has 0 aliphatic rings. The highest BCUT2D eigenvalue weighted by Crippen LogP contribution is 2.23. The molecular formula is C12H11NO2. The number of benzene rings is 1. The van der Waals surface area contributed by atoms with E-state index in [0.29, 0.717) is 12.2 Å². The van der Waals surface area contributed by atoms with E-state index in [2.05, 4.69) is 4.98 Å². The number of pyridine rings is 1. The molecule has 15 heavy (non-hydrogen) atoms. The number of fused-ring (bicyclic) bond motifs is 1. The molecule has 1 aromatic carbocycles. The van der Waals surface area contributed by atoms with Crippen LogP contribution in [0, 0.1) is 0 Å². The summed E-state index contributed by atoms with van der Waals surface area (Å²) in [6.45, 7) is 1.77. The molecule has 0 bridgehead atoms. The van der Waals surface area contributed by atoms with Crippen molar-refractivity contribution in [2.24, 2.45) is 0 Å². The van der Waals surface area contributed by atoms with Crippen LogP contribution in [0.2, 0.25) is 0 Å². The second kappa shape index (κ2) is 4.09. The van der Waals surface area contributed by atoms with Crippen molar-refractivity contribution >= 4 is 16.9 Å². The maximum absolute atomic E-state index is 11.2. The molecule has 0 spiro atoms. The lowest BCUT2D eigenvalue weighted by Gasteiger charge is -2.05. The first-order valence-electron chi connectivity index (χ1n) is 4.85. The summed E-state index contributed by atoms with van der Waals surface area (Å²) in [7, 11) is 0. The van der Waals surface area contributed by atoms with Gasteiger partial charge in [0.2, 0.25) is 0 Å². The highest BCUT2D eigenvalue weighted by molar-refractivity contribution is 5.87. The monoisotopic (exact) mass is 201 g/mol. The normalized spacial score (nSPS) is 10.2. The van der Waals surface area contributed by atoms with Gasteiger partial charge in [-0.25, -0.2) is 0 Å². The van der Waals surface area contributed by atoms with Gasteiger partial charge in [-0.3, -0.25) is 9.78 Å². The van der Waals surface area contributed by atoms with Crippen molar-refractivity contribution in [2.45, 2.75) is 13.3 Å². The van der Waals surface area contributed by atoms with Crippen LogP contribution in [0.1, 0.15) is 13.3 Å². The van der Waals surface area contributed by atoms with E-state index >= 15 is 0 Å². The van der Waals surface area contributed by atoms with E-state index in [-0.39, 0.29) is 5.97 Å². The Labute approximate surface area is 87.7 Å². The molecule has 0 saturated heterocycles. The van der Waals surface area contributed by atoms with Crippen molar-refractivity contribution in [1.29, 1.82) is 0 Å². The molecule has 1 aromatic heterocycles. The van der Waals surface area contributed by atoms with Crippen LogP contribution in [0.3, 0.4) is 0 Å². The van der Waals surface area contributed by atoms with Gasteiger partial charge in [-0.2, -0.15) is 0 Å². The van der Waals surface area contributed by atoms with Crippen LogP contribution in [0.15, 0.2) is 36.5 Å². The fourth-order valence-corrected chi connectivity index (χ4v) is 1.36. The first-order chi connectivity index (χ1) is 7.31. The molecule has 2 aromatic rings. The Balaban J connectivity index is 2.46. The fourth-order valence-electron chi connectivity index (χ4n) is 1.36. The van der Waals surface area contributed by atoms with Crippen molar-refractivity contribution in [2.75, 3.05) is 0 Å². The molecule has 0 N–H and O–H groups in total. The zero-order valence-electron chi connectivity index (χ0n) is 8.43. The predicted octanol–water partition coefficient (Wildman–Crippen LogP) is 2.55. The number of aromatic nitrogens is 1. The van der Waals surface area contributed by atoms with Crippen molar-refractivity contribution in [3.63, 3.8) is 0 Å². The summed E-state index contributed by atoms with van der Waals surface area (Å²) in [5.41, 5.74) is 0.832. The zero-order chi connectivity index (χ0) is 10.7.